The van der Waals surface area contributed by atoms with E-state index in [1.807, 2.05) is 24.3 Å². The Morgan fingerprint density at radius 2 is 2.08 bits per heavy atom. The highest BCUT2D eigenvalue weighted by atomic mass is 35.5. The van der Waals surface area contributed by atoms with Crippen molar-refractivity contribution in [3.8, 4) is 17.2 Å². The van der Waals surface area contributed by atoms with E-state index in [0.29, 0.717) is 24.7 Å². The van der Waals surface area contributed by atoms with Gasteiger partial charge in [0.1, 0.15) is 18.2 Å². The molecule has 1 atom stereocenters. The van der Waals surface area contributed by atoms with Crippen LogP contribution in [-0.2, 0) is 4.79 Å². The zero-order chi connectivity index (χ0) is 17.8. The third-order valence-electron chi connectivity index (χ3n) is 3.72. The van der Waals surface area contributed by atoms with Crippen LogP contribution in [0.1, 0.15) is 0 Å². The summed E-state index contributed by atoms with van der Waals surface area (Å²) in [6.07, 6.45) is -0.266. The molecule has 3 rings (SSSR count). The fourth-order valence-electron chi connectivity index (χ4n) is 2.40. The van der Waals surface area contributed by atoms with Crippen molar-refractivity contribution < 1.29 is 23.4 Å². The number of amides is 1. The molecule has 5 nitrogen and oxygen atoms in total. The van der Waals surface area contributed by atoms with E-state index in [9.17, 15) is 9.18 Å². The third-order valence-corrected chi connectivity index (χ3v) is 4.01. The Kier molecular flexibility index (Phi) is 5.28. The zero-order valence-corrected chi connectivity index (χ0v) is 14.3. The van der Waals surface area contributed by atoms with Gasteiger partial charge in [0.2, 0.25) is 0 Å². The summed E-state index contributed by atoms with van der Waals surface area (Å²) in [6.45, 7) is 0.513. The zero-order valence-electron chi connectivity index (χ0n) is 13.6. The van der Waals surface area contributed by atoms with Crippen LogP contribution in [0.15, 0.2) is 42.5 Å². The van der Waals surface area contributed by atoms with Gasteiger partial charge in [0.25, 0.3) is 5.91 Å². The van der Waals surface area contributed by atoms with Crippen molar-refractivity contribution in [3.05, 3.63) is 53.3 Å². The lowest BCUT2D eigenvalue weighted by atomic mass is 10.2. The van der Waals surface area contributed by atoms with Crippen LogP contribution in [0, 0.1) is 5.82 Å². The van der Waals surface area contributed by atoms with Crippen molar-refractivity contribution >= 4 is 17.5 Å². The number of para-hydroxylation sites is 2. The summed E-state index contributed by atoms with van der Waals surface area (Å²) in [5, 5.41) is 0.121. The van der Waals surface area contributed by atoms with Crippen molar-refractivity contribution in [1.82, 2.24) is 4.90 Å². The van der Waals surface area contributed by atoms with Crippen LogP contribution in [0.3, 0.4) is 0 Å². The lowest BCUT2D eigenvalue weighted by Gasteiger charge is -2.29. The molecule has 0 bridgehead atoms. The number of benzene rings is 2. The molecule has 0 aliphatic carbocycles. The van der Waals surface area contributed by atoms with Crippen LogP contribution in [0.2, 0.25) is 5.02 Å². The van der Waals surface area contributed by atoms with E-state index in [-0.39, 0.29) is 29.4 Å². The summed E-state index contributed by atoms with van der Waals surface area (Å²) < 4.78 is 29.8. The van der Waals surface area contributed by atoms with Gasteiger partial charge in [-0.3, -0.25) is 4.79 Å². The Labute approximate surface area is 149 Å². The smallest absolute Gasteiger partial charge is 0.260 e. The maximum Gasteiger partial charge on any atom is 0.260 e. The van der Waals surface area contributed by atoms with E-state index in [2.05, 4.69) is 0 Å². The molecule has 1 aliphatic rings. The van der Waals surface area contributed by atoms with Crippen molar-refractivity contribution in [2.24, 2.45) is 0 Å². The van der Waals surface area contributed by atoms with Crippen LogP contribution in [0.4, 0.5) is 4.39 Å². The molecule has 0 spiro atoms. The summed E-state index contributed by atoms with van der Waals surface area (Å²) in [4.78, 5) is 13.7. The fourth-order valence-corrected chi connectivity index (χ4v) is 2.62. The SMILES string of the molecule is CN(CC1COc2ccccc2O1)C(=O)COc1ccc(F)cc1Cl. The second kappa shape index (κ2) is 7.61. The van der Waals surface area contributed by atoms with Gasteiger partial charge in [0, 0.05) is 7.05 Å². The molecule has 0 aromatic heterocycles. The van der Waals surface area contributed by atoms with Gasteiger partial charge < -0.3 is 19.1 Å². The molecule has 2 aromatic rings. The second-order valence-corrected chi connectivity index (χ2v) is 6.04. The Morgan fingerprint density at radius 3 is 2.84 bits per heavy atom. The molecule has 2 aromatic carbocycles. The first-order valence-electron chi connectivity index (χ1n) is 7.73. The van der Waals surface area contributed by atoms with Gasteiger partial charge in [-0.15, -0.1) is 0 Å². The van der Waals surface area contributed by atoms with E-state index in [1.165, 1.54) is 17.0 Å². The van der Waals surface area contributed by atoms with Gasteiger partial charge in [-0.1, -0.05) is 23.7 Å². The molecule has 0 N–H and O–H groups in total. The van der Waals surface area contributed by atoms with Crippen LogP contribution in [0.25, 0.3) is 0 Å². The normalized spacial score (nSPS) is 15.6. The van der Waals surface area contributed by atoms with E-state index < -0.39 is 5.82 Å². The number of ether oxygens (including phenoxy) is 3. The first-order valence-corrected chi connectivity index (χ1v) is 8.11. The van der Waals surface area contributed by atoms with Crippen LogP contribution in [-0.4, -0.2) is 43.7 Å². The quantitative estimate of drug-likeness (QED) is 0.816. The van der Waals surface area contributed by atoms with Crippen LogP contribution in [0.5, 0.6) is 17.2 Å². The Balaban J connectivity index is 1.51. The first-order chi connectivity index (χ1) is 12.0. The molecule has 132 valence electrons. The van der Waals surface area contributed by atoms with Crippen molar-refractivity contribution in [2.45, 2.75) is 6.10 Å². The predicted octanol–water partition coefficient (Wildman–Crippen LogP) is 3.16. The number of rotatable bonds is 5. The molecule has 0 fully saturated rings. The summed E-state index contributed by atoms with van der Waals surface area (Å²) >= 11 is 5.87. The third kappa shape index (κ3) is 4.33. The molecule has 1 amide bonds. The average Bonchev–Trinajstić information content (AvgIpc) is 2.60. The predicted molar refractivity (Wildman–Crippen MR) is 90.9 cm³/mol. The minimum absolute atomic E-state index is 0.121. The summed E-state index contributed by atoms with van der Waals surface area (Å²) in [7, 11) is 1.65. The van der Waals surface area contributed by atoms with Crippen molar-refractivity contribution in [2.75, 3.05) is 26.8 Å². The maximum absolute atomic E-state index is 13.0. The molecule has 0 saturated carbocycles. The molecule has 1 aliphatic heterocycles. The first kappa shape index (κ1) is 17.4. The minimum atomic E-state index is -0.462. The molecular weight excluding hydrogens is 349 g/mol. The van der Waals surface area contributed by atoms with E-state index >= 15 is 0 Å². The minimum Gasteiger partial charge on any atom is -0.486 e. The standard InChI is InChI=1S/C18H17ClFNO4/c1-21(9-13-10-23-16-4-2-3-5-17(16)25-13)18(22)11-24-15-7-6-12(20)8-14(15)19/h2-8,13H,9-11H2,1H3. The summed E-state index contributed by atoms with van der Waals surface area (Å²) in [5.41, 5.74) is 0. The van der Waals surface area contributed by atoms with Crippen LogP contribution >= 0.6 is 11.6 Å². The van der Waals surface area contributed by atoms with Crippen LogP contribution < -0.4 is 14.2 Å². The monoisotopic (exact) mass is 365 g/mol. The highest BCUT2D eigenvalue weighted by Gasteiger charge is 2.23. The van der Waals surface area contributed by atoms with E-state index in [0.717, 1.165) is 6.07 Å². The van der Waals surface area contributed by atoms with Gasteiger partial charge in [-0.05, 0) is 30.3 Å². The second-order valence-electron chi connectivity index (χ2n) is 5.64. The van der Waals surface area contributed by atoms with E-state index in [4.69, 9.17) is 25.8 Å². The molecule has 1 heterocycles. The number of fused-ring (bicyclic) bond motifs is 1. The van der Waals surface area contributed by atoms with Gasteiger partial charge in [0.05, 0.1) is 11.6 Å². The number of hydrogen-bond donors (Lipinski definition) is 0. The highest BCUT2D eigenvalue weighted by Crippen LogP contribution is 2.31. The Bertz CT molecular complexity index is 770. The maximum atomic E-state index is 13.0. The van der Waals surface area contributed by atoms with Crippen molar-refractivity contribution in [1.29, 1.82) is 0 Å². The lowest BCUT2D eigenvalue weighted by molar-refractivity contribution is -0.133. The largest absolute Gasteiger partial charge is 0.486 e. The summed E-state index contributed by atoms with van der Waals surface area (Å²) in [5.74, 6) is 0.908. The fraction of sp³-hybridized carbons (Fsp3) is 0.278. The number of carbonyl (C=O) groups excluding carboxylic acids is 1. The Hall–Kier alpha value is -2.47. The van der Waals surface area contributed by atoms with Gasteiger partial charge in [-0.25, -0.2) is 4.39 Å². The number of nitrogens with zero attached hydrogens (tertiary/aromatic N) is 1. The number of halogens is 2. The summed E-state index contributed by atoms with van der Waals surface area (Å²) in [6, 6.07) is 11.1. The molecule has 0 radical (unpaired) electrons. The lowest BCUT2D eigenvalue weighted by Crippen LogP contribution is -2.43. The average molecular weight is 366 g/mol. The molecule has 1 unspecified atom stereocenters. The highest BCUT2D eigenvalue weighted by molar-refractivity contribution is 6.32. The van der Waals surface area contributed by atoms with Gasteiger partial charge >= 0.3 is 0 Å². The molecular formula is C18H17ClFNO4. The van der Waals surface area contributed by atoms with Gasteiger partial charge in [0.15, 0.2) is 24.2 Å². The Morgan fingerprint density at radius 1 is 1.32 bits per heavy atom. The number of carbonyl (C=O) groups is 1. The molecule has 25 heavy (non-hydrogen) atoms. The van der Waals surface area contributed by atoms with Gasteiger partial charge in [-0.2, -0.15) is 0 Å². The molecule has 0 saturated heterocycles. The number of likely N-dealkylation sites (N-methyl/N-ethyl adjacent to an activating group) is 1. The topological polar surface area (TPSA) is 48.0 Å². The van der Waals surface area contributed by atoms with E-state index in [1.54, 1.807) is 7.05 Å². The number of hydrogen-bond acceptors (Lipinski definition) is 4. The van der Waals surface area contributed by atoms with Crippen molar-refractivity contribution in [3.63, 3.8) is 0 Å². The molecule has 7 heteroatoms.